The smallest absolute Gasteiger partial charge is 0.338 e. The molecule has 0 radical (unpaired) electrons. The van der Waals surface area contributed by atoms with Crippen molar-refractivity contribution >= 4 is 40.8 Å². The van der Waals surface area contributed by atoms with Crippen LogP contribution < -0.4 is 10.6 Å². The van der Waals surface area contributed by atoms with Gasteiger partial charge in [-0.15, -0.1) is 11.3 Å². The molecule has 9 heteroatoms. The fourth-order valence-corrected chi connectivity index (χ4v) is 2.59. The zero-order valence-corrected chi connectivity index (χ0v) is 15.3. The molecule has 0 atom stereocenters. The molecular formula is C18H18N2O6S. The van der Waals surface area contributed by atoms with Crippen LogP contribution in [-0.2, 0) is 19.1 Å². The molecule has 1 heterocycles. The summed E-state index contributed by atoms with van der Waals surface area (Å²) in [6.45, 7) is 1.16. The van der Waals surface area contributed by atoms with E-state index in [0.717, 1.165) is 0 Å². The lowest BCUT2D eigenvalue weighted by molar-refractivity contribution is -0.146. The number of carbonyl (C=O) groups is 4. The van der Waals surface area contributed by atoms with Crippen LogP contribution in [-0.4, -0.2) is 43.5 Å². The van der Waals surface area contributed by atoms with Crippen molar-refractivity contribution in [2.24, 2.45) is 0 Å². The highest BCUT2D eigenvalue weighted by Crippen LogP contribution is 2.10. The first-order valence-corrected chi connectivity index (χ1v) is 8.92. The number of rotatable bonds is 8. The number of anilines is 1. The van der Waals surface area contributed by atoms with Crippen molar-refractivity contribution in [3.05, 3.63) is 52.2 Å². The quantitative estimate of drug-likeness (QED) is 0.666. The van der Waals surface area contributed by atoms with E-state index in [1.165, 1.54) is 35.6 Å². The van der Waals surface area contributed by atoms with Crippen LogP contribution in [0.3, 0.4) is 0 Å². The predicted octanol–water partition coefficient (Wildman–Crippen LogP) is 1.84. The highest BCUT2D eigenvalue weighted by atomic mass is 32.1. The van der Waals surface area contributed by atoms with Crippen LogP contribution in [0.5, 0.6) is 0 Å². The highest BCUT2D eigenvalue weighted by Gasteiger charge is 2.12. The van der Waals surface area contributed by atoms with Gasteiger partial charge in [-0.2, -0.15) is 0 Å². The summed E-state index contributed by atoms with van der Waals surface area (Å²) in [6, 6.07) is 9.45. The van der Waals surface area contributed by atoms with Gasteiger partial charge in [0.05, 0.1) is 17.0 Å². The molecule has 27 heavy (non-hydrogen) atoms. The molecule has 0 aliphatic heterocycles. The zero-order chi connectivity index (χ0) is 19.6. The van der Waals surface area contributed by atoms with E-state index < -0.39 is 24.5 Å². The first kappa shape index (κ1) is 20.1. The Labute approximate surface area is 159 Å². The number of ether oxygens (including phenoxy) is 2. The number of nitrogens with one attached hydrogen (secondary N) is 2. The Hall–Kier alpha value is -3.20. The Morgan fingerprint density at radius 1 is 1.04 bits per heavy atom. The van der Waals surface area contributed by atoms with Crippen LogP contribution in [0.2, 0.25) is 0 Å². The molecule has 2 amide bonds. The van der Waals surface area contributed by atoms with Gasteiger partial charge in [0.25, 0.3) is 11.8 Å². The first-order chi connectivity index (χ1) is 13.0. The number of thiophene rings is 1. The Morgan fingerprint density at radius 3 is 2.41 bits per heavy atom. The minimum absolute atomic E-state index is 0.274. The van der Waals surface area contributed by atoms with E-state index in [2.05, 4.69) is 10.6 Å². The molecule has 8 nitrogen and oxygen atoms in total. The Bertz CT molecular complexity index is 802. The third kappa shape index (κ3) is 6.55. The zero-order valence-electron chi connectivity index (χ0n) is 14.5. The van der Waals surface area contributed by atoms with Gasteiger partial charge in [-0.25, -0.2) is 4.79 Å². The van der Waals surface area contributed by atoms with Crippen molar-refractivity contribution in [2.45, 2.75) is 6.92 Å². The molecule has 0 aliphatic carbocycles. The lowest BCUT2D eigenvalue weighted by Crippen LogP contribution is -2.31. The normalized spacial score (nSPS) is 9.96. The first-order valence-electron chi connectivity index (χ1n) is 8.04. The summed E-state index contributed by atoms with van der Waals surface area (Å²) >= 11 is 1.25. The highest BCUT2D eigenvalue weighted by molar-refractivity contribution is 7.12. The molecular weight excluding hydrogens is 372 g/mol. The van der Waals surface area contributed by atoms with Crippen LogP contribution in [0.25, 0.3) is 0 Å². The van der Waals surface area contributed by atoms with E-state index in [0.29, 0.717) is 16.1 Å². The largest absolute Gasteiger partial charge is 0.462 e. The Morgan fingerprint density at radius 2 is 1.78 bits per heavy atom. The molecule has 1 aromatic carbocycles. The van der Waals surface area contributed by atoms with Gasteiger partial charge >= 0.3 is 11.9 Å². The van der Waals surface area contributed by atoms with Crippen molar-refractivity contribution in [3.8, 4) is 0 Å². The summed E-state index contributed by atoms with van der Waals surface area (Å²) in [5, 5.41) is 6.68. The van der Waals surface area contributed by atoms with Crippen LogP contribution in [0.15, 0.2) is 41.8 Å². The third-order valence-corrected chi connectivity index (χ3v) is 4.05. The number of benzene rings is 1. The number of esters is 2. The van der Waals surface area contributed by atoms with Gasteiger partial charge in [0.1, 0.15) is 6.54 Å². The van der Waals surface area contributed by atoms with Crippen LogP contribution in [0, 0.1) is 0 Å². The molecule has 0 bridgehead atoms. The summed E-state index contributed by atoms with van der Waals surface area (Å²) in [6.07, 6.45) is 0. The molecule has 0 fully saturated rings. The molecule has 1 aromatic heterocycles. The van der Waals surface area contributed by atoms with E-state index in [-0.39, 0.29) is 19.1 Å². The maximum atomic E-state index is 11.8. The second-order valence-corrected chi connectivity index (χ2v) is 6.11. The van der Waals surface area contributed by atoms with Gasteiger partial charge in [-0.05, 0) is 42.6 Å². The summed E-state index contributed by atoms with van der Waals surface area (Å²) in [4.78, 5) is 47.1. The molecule has 0 unspecified atom stereocenters. The summed E-state index contributed by atoms with van der Waals surface area (Å²) in [5.74, 6) is -2.11. The molecule has 2 rings (SSSR count). The van der Waals surface area contributed by atoms with E-state index in [9.17, 15) is 19.2 Å². The molecule has 2 aromatic rings. The average molecular weight is 390 g/mol. The van der Waals surface area contributed by atoms with Gasteiger partial charge in [0.15, 0.2) is 6.61 Å². The fourth-order valence-electron chi connectivity index (χ4n) is 1.95. The average Bonchev–Trinajstić information content (AvgIpc) is 3.20. The van der Waals surface area contributed by atoms with E-state index in [4.69, 9.17) is 9.47 Å². The minimum atomic E-state index is -0.729. The lowest BCUT2D eigenvalue weighted by Gasteiger charge is -2.08. The van der Waals surface area contributed by atoms with Gasteiger partial charge in [0.2, 0.25) is 0 Å². The van der Waals surface area contributed by atoms with Crippen molar-refractivity contribution in [3.63, 3.8) is 0 Å². The lowest BCUT2D eigenvalue weighted by atomic mass is 10.2. The number of hydrogen-bond donors (Lipinski definition) is 2. The van der Waals surface area contributed by atoms with Crippen molar-refractivity contribution in [1.82, 2.24) is 5.32 Å². The van der Waals surface area contributed by atoms with Gasteiger partial charge in [-0.1, -0.05) is 6.07 Å². The maximum absolute atomic E-state index is 11.8. The summed E-state index contributed by atoms with van der Waals surface area (Å²) < 4.78 is 9.67. The van der Waals surface area contributed by atoms with E-state index in [1.54, 1.807) is 24.4 Å². The van der Waals surface area contributed by atoms with E-state index in [1.807, 2.05) is 0 Å². The van der Waals surface area contributed by atoms with Crippen molar-refractivity contribution < 1.29 is 28.7 Å². The molecule has 0 saturated heterocycles. The molecule has 0 aliphatic rings. The van der Waals surface area contributed by atoms with Gasteiger partial charge in [0, 0.05) is 5.69 Å². The Balaban J connectivity index is 1.71. The predicted molar refractivity (Wildman–Crippen MR) is 98.6 cm³/mol. The monoisotopic (exact) mass is 390 g/mol. The third-order valence-electron chi connectivity index (χ3n) is 3.18. The molecule has 142 valence electrons. The number of carbonyl (C=O) groups excluding carboxylic acids is 4. The van der Waals surface area contributed by atoms with Crippen molar-refractivity contribution in [1.29, 1.82) is 0 Å². The van der Waals surface area contributed by atoms with Crippen LogP contribution in [0.1, 0.15) is 27.0 Å². The Kier molecular flexibility index (Phi) is 7.50. The molecule has 2 N–H and O–H groups in total. The number of hydrogen-bond acceptors (Lipinski definition) is 7. The minimum Gasteiger partial charge on any atom is -0.462 e. The second kappa shape index (κ2) is 10.1. The van der Waals surface area contributed by atoms with Crippen LogP contribution >= 0.6 is 11.3 Å². The van der Waals surface area contributed by atoms with Crippen molar-refractivity contribution in [2.75, 3.05) is 25.1 Å². The molecule has 0 spiro atoms. The van der Waals surface area contributed by atoms with Gasteiger partial charge in [-0.3, -0.25) is 14.4 Å². The van der Waals surface area contributed by atoms with Crippen LogP contribution in [0.4, 0.5) is 5.69 Å². The fraction of sp³-hybridized carbons (Fsp3) is 0.222. The standard InChI is InChI=1S/C18H18N2O6S/c1-2-25-18(24)12-5-7-13(8-6-12)20-15(21)11-26-16(22)10-19-17(23)14-4-3-9-27-14/h3-9H,2,10-11H2,1H3,(H,19,23)(H,20,21). The maximum Gasteiger partial charge on any atom is 0.338 e. The van der Waals surface area contributed by atoms with E-state index >= 15 is 0 Å². The van der Waals surface area contributed by atoms with Gasteiger partial charge < -0.3 is 20.1 Å². The molecule has 0 saturated carbocycles. The summed E-state index contributed by atoms with van der Waals surface area (Å²) in [7, 11) is 0. The SMILES string of the molecule is CCOC(=O)c1ccc(NC(=O)COC(=O)CNC(=O)c2cccs2)cc1. The second-order valence-electron chi connectivity index (χ2n) is 5.17. The summed E-state index contributed by atoms with van der Waals surface area (Å²) in [5.41, 5.74) is 0.804. The topological polar surface area (TPSA) is 111 Å². The number of amides is 2.